The first kappa shape index (κ1) is 17.3. The quantitative estimate of drug-likeness (QED) is 0.885. The number of rotatable bonds is 5. The molecule has 0 radical (unpaired) electrons. The molecule has 2 aromatic carbocycles. The summed E-state index contributed by atoms with van der Waals surface area (Å²) in [7, 11) is -3.71. The molecule has 0 unspecified atom stereocenters. The third-order valence-corrected chi connectivity index (χ3v) is 6.12. The first-order valence-corrected chi connectivity index (χ1v) is 9.32. The number of hydrogen-bond donors (Lipinski definition) is 1. The minimum Gasteiger partial charge on any atom is -0.482 e. The van der Waals surface area contributed by atoms with E-state index in [-0.39, 0.29) is 10.9 Å². The van der Waals surface area contributed by atoms with Crippen LogP contribution in [0.3, 0.4) is 0 Å². The van der Waals surface area contributed by atoms with E-state index in [9.17, 15) is 13.2 Å². The molecule has 0 amide bonds. The predicted molar refractivity (Wildman–Crippen MR) is 93.6 cm³/mol. The van der Waals surface area contributed by atoms with E-state index in [1.165, 1.54) is 22.5 Å². The first-order valence-electron chi connectivity index (χ1n) is 7.88. The lowest BCUT2D eigenvalue weighted by Gasteiger charge is -2.24. The summed E-state index contributed by atoms with van der Waals surface area (Å²) in [5.41, 5.74) is 2.29. The number of anilines is 1. The van der Waals surface area contributed by atoms with Crippen molar-refractivity contribution in [2.24, 2.45) is 0 Å². The van der Waals surface area contributed by atoms with Crippen LogP contribution < -0.4 is 9.04 Å². The molecular formula is C18H19NO5S. The number of aliphatic carboxylic acids is 1. The van der Waals surface area contributed by atoms with E-state index in [1.54, 1.807) is 6.92 Å². The van der Waals surface area contributed by atoms with Crippen molar-refractivity contribution in [3.05, 3.63) is 53.6 Å². The van der Waals surface area contributed by atoms with Gasteiger partial charge in [-0.15, -0.1) is 0 Å². The van der Waals surface area contributed by atoms with Gasteiger partial charge in [0.1, 0.15) is 5.75 Å². The number of hydrogen-bond acceptors (Lipinski definition) is 4. The molecule has 0 spiro atoms. The van der Waals surface area contributed by atoms with E-state index in [0.717, 1.165) is 5.56 Å². The van der Waals surface area contributed by atoms with Gasteiger partial charge in [-0.1, -0.05) is 18.2 Å². The number of ether oxygens (including phenoxy) is 1. The molecule has 0 aromatic heterocycles. The Morgan fingerprint density at radius 3 is 2.68 bits per heavy atom. The van der Waals surface area contributed by atoms with Crippen molar-refractivity contribution in [2.75, 3.05) is 10.9 Å². The zero-order chi connectivity index (χ0) is 18.2. The van der Waals surface area contributed by atoms with E-state index in [1.807, 2.05) is 31.2 Å². The Morgan fingerprint density at radius 2 is 2.00 bits per heavy atom. The Morgan fingerprint density at radius 1 is 1.28 bits per heavy atom. The van der Waals surface area contributed by atoms with Gasteiger partial charge in [0.15, 0.2) is 6.61 Å². The minimum atomic E-state index is -3.71. The van der Waals surface area contributed by atoms with Gasteiger partial charge in [0.25, 0.3) is 10.0 Å². The topological polar surface area (TPSA) is 83.9 Å². The van der Waals surface area contributed by atoms with E-state index in [2.05, 4.69) is 0 Å². The molecule has 132 valence electrons. The number of fused-ring (bicyclic) bond motifs is 1. The molecule has 2 aromatic rings. The summed E-state index contributed by atoms with van der Waals surface area (Å²) in [6.45, 7) is 3.11. The highest BCUT2D eigenvalue weighted by Crippen LogP contribution is 2.37. The van der Waals surface area contributed by atoms with Gasteiger partial charge in [-0.3, -0.25) is 4.31 Å². The van der Waals surface area contributed by atoms with E-state index in [0.29, 0.717) is 23.4 Å². The van der Waals surface area contributed by atoms with Gasteiger partial charge < -0.3 is 9.84 Å². The minimum absolute atomic E-state index is 0.161. The molecule has 0 fully saturated rings. The molecular weight excluding hydrogens is 342 g/mol. The fourth-order valence-corrected chi connectivity index (χ4v) is 4.88. The Hall–Kier alpha value is -2.54. The number of carbonyl (C=O) groups is 1. The van der Waals surface area contributed by atoms with Gasteiger partial charge in [-0.05, 0) is 55.7 Å². The fourth-order valence-electron chi connectivity index (χ4n) is 3.10. The van der Waals surface area contributed by atoms with E-state index >= 15 is 0 Å². The second-order valence-corrected chi connectivity index (χ2v) is 7.91. The van der Waals surface area contributed by atoms with Gasteiger partial charge in [0, 0.05) is 6.04 Å². The van der Waals surface area contributed by atoms with Crippen LogP contribution in [0.4, 0.5) is 5.69 Å². The number of sulfonamides is 1. The van der Waals surface area contributed by atoms with Crippen LogP contribution in [0.5, 0.6) is 5.75 Å². The predicted octanol–water partition coefficient (Wildman–Crippen LogP) is 2.60. The summed E-state index contributed by atoms with van der Waals surface area (Å²) >= 11 is 0. The van der Waals surface area contributed by atoms with Gasteiger partial charge in [0.05, 0.1) is 10.6 Å². The summed E-state index contributed by atoms with van der Waals surface area (Å²) in [5, 5.41) is 8.69. The largest absolute Gasteiger partial charge is 0.482 e. The third-order valence-electron chi connectivity index (χ3n) is 4.20. The maximum atomic E-state index is 13.1. The van der Waals surface area contributed by atoms with Crippen molar-refractivity contribution >= 4 is 21.7 Å². The van der Waals surface area contributed by atoms with E-state index in [4.69, 9.17) is 9.84 Å². The van der Waals surface area contributed by atoms with Gasteiger partial charge >= 0.3 is 5.97 Å². The summed E-state index contributed by atoms with van der Waals surface area (Å²) in [4.78, 5) is 10.8. The molecule has 1 atom stereocenters. The number of para-hydroxylation sites is 1. The lowest BCUT2D eigenvalue weighted by molar-refractivity contribution is -0.139. The van der Waals surface area contributed by atoms with Crippen LogP contribution in [0.25, 0.3) is 0 Å². The molecule has 3 rings (SSSR count). The molecule has 0 bridgehead atoms. The third kappa shape index (κ3) is 3.19. The average Bonchev–Trinajstić information content (AvgIpc) is 2.89. The number of aryl methyl sites for hydroxylation is 1. The molecule has 25 heavy (non-hydrogen) atoms. The highest BCUT2D eigenvalue weighted by Gasteiger charge is 2.35. The monoisotopic (exact) mass is 361 g/mol. The van der Waals surface area contributed by atoms with E-state index < -0.39 is 22.6 Å². The molecule has 1 aliphatic heterocycles. The molecule has 1 N–H and O–H groups in total. The smallest absolute Gasteiger partial charge is 0.341 e. The van der Waals surface area contributed by atoms with Crippen molar-refractivity contribution in [1.29, 1.82) is 0 Å². The summed E-state index contributed by atoms with van der Waals surface area (Å²) in [6, 6.07) is 11.8. The van der Waals surface area contributed by atoms with Crippen molar-refractivity contribution in [3.63, 3.8) is 0 Å². The Balaban J connectivity index is 1.96. The number of carboxylic acid groups (broad SMARTS) is 1. The van der Waals surface area contributed by atoms with Crippen LogP contribution in [0.2, 0.25) is 0 Å². The molecule has 6 nitrogen and oxygen atoms in total. The average molecular weight is 361 g/mol. The zero-order valence-electron chi connectivity index (χ0n) is 14.0. The molecule has 0 saturated carbocycles. The highest BCUT2D eigenvalue weighted by atomic mass is 32.2. The van der Waals surface area contributed by atoms with Crippen LogP contribution in [0.15, 0.2) is 47.4 Å². The first-order chi connectivity index (χ1) is 11.8. The highest BCUT2D eigenvalue weighted by molar-refractivity contribution is 7.92. The van der Waals surface area contributed by atoms with Crippen molar-refractivity contribution in [1.82, 2.24) is 0 Å². The summed E-state index contributed by atoms with van der Waals surface area (Å²) < 4.78 is 32.9. The molecule has 0 saturated heterocycles. The summed E-state index contributed by atoms with van der Waals surface area (Å²) in [5.74, 6) is -0.727. The standard InChI is InChI=1S/C18H19NO5S/c1-12-9-15(7-8-17(12)24-11-18(20)21)25(22,23)19-13(2)10-14-5-3-4-6-16(14)19/h3-9,13H,10-11H2,1-2H3,(H,20,21)/t13-/m0/s1. The maximum Gasteiger partial charge on any atom is 0.341 e. The molecule has 1 heterocycles. The van der Waals surface area contributed by atoms with Crippen LogP contribution in [-0.2, 0) is 21.2 Å². The molecule has 7 heteroatoms. The van der Waals surface area contributed by atoms with Crippen molar-refractivity contribution in [2.45, 2.75) is 31.2 Å². The number of benzene rings is 2. The van der Waals surface area contributed by atoms with Gasteiger partial charge in [-0.2, -0.15) is 0 Å². The zero-order valence-corrected chi connectivity index (χ0v) is 14.8. The van der Waals surface area contributed by atoms with Crippen molar-refractivity contribution < 1.29 is 23.1 Å². The normalized spacial score (nSPS) is 16.6. The Kier molecular flexibility index (Phi) is 4.43. The van der Waals surface area contributed by atoms with Crippen LogP contribution in [0.1, 0.15) is 18.1 Å². The lowest BCUT2D eigenvalue weighted by atomic mass is 10.1. The van der Waals surface area contributed by atoms with Gasteiger partial charge in [-0.25, -0.2) is 13.2 Å². The number of carboxylic acids is 1. The summed E-state index contributed by atoms with van der Waals surface area (Å²) in [6.07, 6.45) is 0.675. The second-order valence-electron chi connectivity index (χ2n) is 6.09. The van der Waals surface area contributed by atoms with Crippen LogP contribution in [-0.4, -0.2) is 32.1 Å². The number of nitrogens with zero attached hydrogens (tertiary/aromatic N) is 1. The maximum absolute atomic E-state index is 13.1. The Labute approximate surface area is 146 Å². The van der Waals surface area contributed by atoms with Crippen molar-refractivity contribution in [3.8, 4) is 5.75 Å². The lowest BCUT2D eigenvalue weighted by Crippen LogP contribution is -2.35. The van der Waals surface area contributed by atoms with Crippen LogP contribution >= 0.6 is 0 Å². The molecule has 1 aliphatic rings. The van der Waals surface area contributed by atoms with Gasteiger partial charge in [0.2, 0.25) is 0 Å². The fraction of sp³-hybridized carbons (Fsp3) is 0.278. The molecule has 0 aliphatic carbocycles. The second kappa shape index (κ2) is 6.40. The van der Waals surface area contributed by atoms with Crippen LogP contribution in [0, 0.1) is 6.92 Å². The Bertz CT molecular complexity index is 923. The SMILES string of the molecule is Cc1cc(S(=O)(=O)N2c3ccccc3C[C@@H]2C)ccc1OCC(=O)O.